The van der Waals surface area contributed by atoms with Crippen molar-refractivity contribution in [2.45, 2.75) is 43.8 Å². The number of rotatable bonds is 3. The lowest BCUT2D eigenvalue weighted by molar-refractivity contribution is -0.150. The number of hydrogen-bond donors (Lipinski definition) is 2. The van der Waals surface area contributed by atoms with Crippen LogP contribution in [0.1, 0.15) is 36.2 Å². The number of carbonyl (C=O) groups excluding carboxylic acids is 2. The molecule has 3 atom stereocenters. The summed E-state index contributed by atoms with van der Waals surface area (Å²) in [6, 6.07) is 7.45. The molecule has 2 aromatic rings. The van der Waals surface area contributed by atoms with Crippen molar-refractivity contribution >= 4 is 28.6 Å². The van der Waals surface area contributed by atoms with E-state index in [0.29, 0.717) is 31.1 Å². The van der Waals surface area contributed by atoms with Gasteiger partial charge in [-0.1, -0.05) is 36.4 Å². The van der Waals surface area contributed by atoms with Crippen molar-refractivity contribution in [3.05, 3.63) is 54.4 Å². The molecule has 144 valence electrons. The summed E-state index contributed by atoms with van der Waals surface area (Å²) in [4.78, 5) is 43.3. The minimum Gasteiger partial charge on any atom is -0.480 e. The number of nitrogens with zero attached hydrogens (tertiary/aromatic N) is 2. The molecule has 2 N–H and O–H groups in total. The summed E-state index contributed by atoms with van der Waals surface area (Å²) in [5, 5.41) is 13.9. The number of carboxylic acid groups (broad SMARTS) is 1. The van der Waals surface area contributed by atoms with E-state index < -0.39 is 24.0 Å². The molecule has 2 amide bonds. The lowest BCUT2D eigenvalue weighted by Gasteiger charge is -2.32. The van der Waals surface area contributed by atoms with E-state index in [0.717, 1.165) is 5.39 Å². The van der Waals surface area contributed by atoms with Gasteiger partial charge in [0.05, 0.1) is 0 Å². The fourth-order valence-corrected chi connectivity index (χ4v) is 4.10. The molecule has 0 saturated carbocycles. The van der Waals surface area contributed by atoms with Gasteiger partial charge in [-0.3, -0.25) is 14.6 Å². The van der Waals surface area contributed by atoms with Crippen molar-refractivity contribution in [2.24, 2.45) is 0 Å². The van der Waals surface area contributed by atoms with Crippen molar-refractivity contribution in [2.75, 3.05) is 0 Å². The lowest BCUT2D eigenvalue weighted by atomic mass is 10.0. The van der Waals surface area contributed by atoms with Crippen LogP contribution in [-0.2, 0) is 9.59 Å². The minimum absolute atomic E-state index is 0.139. The number of carbonyl (C=O) groups is 3. The van der Waals surface area contributed by atoms with Crippen molar-refractivity contribution in [1.29, 1.82) is 0 Å². The molecule has 7 heteroatoms. The molecule has 1 aromatic heterocycles. The second kappa shape index (κ2) is 7.42. The molecule has 4 rings (SSSR count). The smallest absolute Gasteiger partial charge is 0.326 e. The van der Waals surface area contributed by atoms with Crippen LogP contribution >= 0.6 is 0 Å². The maximum Gasteiger partial charge on any atom is 0.326 e. The molecular weight excluding hydrogens is 358 g/mol. The first-order valence-electron chi connectivity index (χ1n) is 9.41. The van der Waals surface area contributed by atoms with Gasteiger partial charge in [0, 0.05) is 17.6 Å². The highest BCUT2D eigenvalue weighted by Gasteiger charge is 2.43. The lowest BCUT2D eigenvalue weighted by Crippen LogP contribution is -2.54. The van der Waals surface area contributed by atoms with Crippen molar-refractivity contribution < 1.29 is 19.5 Å². The number of amides is 2. The van der Waals surface area contributed by atoms with Crippen LogP contribution in [0.2, 0.25) is 0 Å². The van der Waals surface area contributed by atoms with Gasteiger partial charge in [0.25, 0.3) is 5.91 Å². The van der Waals surface area contributed by atoms with Gasteiger partial charge in [-0.15, -0.1) is 0 Å². The number of carboxylic acids is 1. The largest absolute Gasteiger partial charge is 0.480 e. The number of nitrogens with one attached hydrogen (secondary N) is 1. The highest BCUT2D eigenvalue weighted by molar-refractivity contribution is 6.06. The van der Waals surface area contributed by atoms with Gasteiger partial charge in [0.15, 0.2) is 0 Å². The zero-order valence-electron chi connectivity index (χ0n) is 15.2. The fraction of sp³-hybridized carbons (Fsp3) is 0.333. The molecule has 1 aromatic carbocycles. The van der Waals surface area contributed by atoms with Gasteiger partial charge in [0.2, 0.25) is 5.91 Å². The van der Waals surface area contributed by atoms with E-state index in [1.807, 2.05) is 42.5 Å². The zero-order chi connectivity index (χ0) is 19.7. The number of pyridine rings is 1. The first kappa shape index (κ1) is 18.2. The van der Waals surface area contributed by atoms with Gasteiger partial charge < -0.3 is 15.3 Å². The maximum absolute atomic E-state index is 13.1. The van der Waals surface area contributed by atoms with Gasteiger partial charge in [-0.25, -0.2) is 4.79 Å². The first-order chi connectivity index (χ1) is 13.6. The highest BCUT2D eigenvalue weighted by Crippen LogP contribution is 2.29. The minimum atomic E-state index is -0.999. The number of aromatic nitrogens is 1. The molecule has 1 saturated heterocycles. The summed E-state index contributed by atoms with van der Waals surface area (Å²) in [5.41, 5.74) is 0.254. The SMILES string of the molecule is O=C(NC1CC=CCC2CCC(C(=O)O)N2C1=O)c1nccc2ccccc12. The molecule has 0 bridgehead atoms. The summed E-state index contributed by atoms with van der Waals surface area (Å²) in [6.07, 6.45) is 7.46. The predicted octanol–water partition coefficient (Wildman–Crippen LogP) is 2.13. The second-order valence-corrected chi connectivity index (χ2v) is 7.18. The topological polar surface area (TPSA) is 99.6 Å². The van der Waals surface area contributed by atoms with Crippen LogP contribution in [-0.4, -0.2) is 50.9 Å². The molecule has 1 fully saturated rings. The van der Waals surface area contributed by atoms with Crippen LogP contribution in [0.5, 0.6) is 0 Å². The summed E-state index contributed by atoms with van der Waals surface area (Å²) in [6.45, 7) is 0. The van der Waals surface area contributed by atoms with Crippen LogP contribution < -0.4 is 5.32 Å². The van der Waals surface area contributed by atoms with Gasteiger partial charge in [-0.05, 0) is 37.1 Å². The van der Waals surface area contributed by atoms with Crippen LogP contribution in [0.25, 0.3) is 10.8 Å². The Hall–Kier alpha value is -3.22. The van der Waals surface area contributed by atoms with E-state index in [2.05, 4.69) is 10.3 Å². The van der Waals surface area contributed by atoms with Crippen LogP contribution in [0.15, 0.2) is 48.7 Å². The van der Waals surface area contributed by atoms with Crippen LogP contribution in [0, 0.1) is 0 Å². The summed E-state index contributed by atoms with van der Waals surface area (Å²) in [5.74, 6) is -1.78. The molecule has 0 aliphatic carbocycles. The standard InChI is InChI=1S/C21H21N3O4/c25-19(18-15-7-3-1-5-13(15)11-12-22-18)23-16-8-4-2-6-14-9-10-17(21(27)28)24(14)20(16)26/h1-5,7,11-12,14,16-17H,6,8-10H2,(H,23,25)(H,27,28). The molecule has 28 heavy (non-hydrogen) atoms. The average molecular weight is 379 g/mol. The molecule has 7 nitrogen and oxygen atoms in total. The molecular formula is C21H21N3O4. The van der Waals surface area contributed by atoms with E-state index in [1.54, 1.807) is 6.20 Å². The fourth-order valence-electron chi connectivity index (χ4n) is 4.10. The Kier molecular flexibility index (Phi) is 4.81. The van der Waals surface area contributed by atoms with Crippen LogP contribution in [0.4, 0.5) is 0 Å². The second-order valence-electron chi connectivity index (χ2n) is 7.18. The number of aliphatic carboxylic acids is 1. The normalized spacial score (nSPS) is 24.5. The Morgan fingerprint density at radius 3 is 2.71 bits per heavy atom. The molecule has 2 aliphatic rings. The van der Waals surface area contributed by atoms with E-state index >= 15 is 0 Å². The number of hydrogen-bond acceptors (Lipinski definition) is 4. The van der Waals surface area contributed by atoms with Crippen molar-refractivity contribution in [3.63, 3.8) is 0 Å². The number of benzene rings is 1. The van der Waals surface area contributed by atoms with Gasteiger partial charge in [0.1, 0.15) is 17.8 Å². The third-order valence-corrected chi connectivity index (χ3v) is 5.48. The molecule has 2 aliphatic heterocycles. The van der Waals surface area contributed by atoms with Crippen molar-refractivity contribution in [1.82, 2.24) is 15.2 Å². The number of fused-ring (bicyclic) bond motifs is 2. The van der Waals surface area contributed by atoms with E-state index in [-0.39, 0.29) is 17.6 Å². The monoisotopic (exact) mass is 379 g/mol. The Morgan fingerprint density at radius 2 is 1.89 bits per heavy atom. The van der Waals surface area contributed by atoms with Gasteiger partial charge in [-0.2, -0.15) is 0 Å². The first-order valence-corrected chi connectivity index (χ1v) is 9.41. The third-order valence-electron chi connectivity index (χ3n) is 5.48. The Labute approximate surface area is 162 Å². The quantitative estimate of drug-likeness (QED) is 0.796. The van der Waals surface area contributed by atoms with E-state index in [4.69, 9.17) is 0 Å². The van der Waals surface area contributed by atoms with Crippen LogP contribution in [0.3, 0.4) is 0 Å². The molecule has 3 heterocycles. The predicted molar refractivity (Wildman–Crippen MR) is 103 cm³/mol. The maximum atomic E-state index is 13.1. The van der Waals surface area contributed by atoms with E-state index in [1.165, 1.54) is 4.90 Å². The summed E-state index contributed by atoms with van der Waals surface area (Å²) in [7, 11) is 0. The molecule has 3 unspecified atom stereocenters. The Bertz CT molecular complexity index is 966. The molecule has 0 radical (unpaired) electrons. The Morgan fingerprint density at radius 1 is 1.11 bits per heavy atom. The third kappa shape index (κ3) is 3.24. The highest BCUT2D eigenvalue weighted by atomic mass is 16.4. The van der Waals surface area contributed by atoms with E-state index in [9.17, 15) is 19.5 Å². The molecule has 0 spiro atoms. The average Bonchev–Trinajstić information content (AvgIpc) is 3.11. The summed E-state index contributed by atoms with van der Waals surface area (Å²) < 4.78 is 0. The summed E-state index contributed by atoms with van der Waals surface area (Å²) >= 11 is 0. The Balaban J connectivity index is 1.61. The van der Waals surface area contributed by atoms with Crippen molar-refractivity contribution in [3.8, 4) is 0 Å². The van der Waals surface area contributed by atoms with Gasteiger partial charge >= 0.3 is 5.97 Å². The zero-order valence-corrected chi connectivity index (χ0v) is 15.2.